The standard InChI is InChI=1S/C23H37N5O3.HI/c1-6-24-23(26-17-21-15-22(18(2)3)27-31-21)25-16-19-8-7-9-20(14-19)30-13-11-28(4)10-12-29-5;/h7-9,14-15,18H,6,10-13,16-17H2,1-5H3,(H2,24,25,26);1H. The van der Waals surface area contributed by atoms with E-state index < -0.39 is 0 Å². The van der Waals surface area contributed by atoms with Crippen LogP contribution in [0.4, 0.5) is 0 Å². The Morgan fingerprint density at radius 1 is 1.19 bits per heavy atom. The lowest BCUT2D eigenvalue weighted by Crippen LogP contribution is -2.36. The Morgan fingerprint density at radius 2 is 1.97 bits per heavy atom. The molecule has 180 valence electrons. The second-order valence-electron chi connectivity index (χ2n) is 7.71. The highest BCUT2D eigenvalue weighted by molar-refractivity contribution is 14.0. The predicted molar refractivity (Wildman–Crippen MR) is 139 cm³/mol. The van der Waals surface area contributed by atoms with Crippen molar-refractivity contribution in [2.75, 3.05) is 47.0 Å². The molecule has 2 N–H and O–H groups in total. The molecule has 0 spiro atoms. The maximum absolute atomic E-state index is 5.90. The summed E-state index contributed by atoms with van der Waals surface area (Å²) in [5.41, 5.74) is 2.05. The first-order chi connectivity index (χ1) is 15.0. The van der Waals surface area contributed by atoms with Crippen molar-refractivity contribution in [3.8, 4) is 5.75 Å². The van der Waals surface area contributed by atoms with E-state index in [1.165, 1.54) is 0 Å². The van der Waals surface area contributed by atoms with Crippen LogP contribution in [0.1, 0.15) is 43.7 Å². The zero-order valence-electron chi connectivity index (χ0n) is 19.9. The first kappa shape index (κ1) is 28.2. The molecule has 0 saturated carbocycles. The number of aromatic nitrogens is 1. The fraction of sp³-hybridized carbons (Fsp3) is 0.565. The average molecular weight is 559 g/mol. The number of aliphatic imine (C=N–C) groups is 1. The van der Waals surface area contributed by atoms with Gasteiger partial charge in [-0.3, -0.25) is 0 Å². The molecule has 32 heavy (non-hydrogen) atoms. The highest BCUT2D eigenvalue weighted by atomic mass is 127. The molecule has 8 nitrogen and oxygen atoms in total. The Hall–Kier alpha value is -1.85. The van der Waals surface area contributed by atoms with Gasteiger partial charge in [0.2, 0.25) is 0 Å². The second kappa shape index (κ2) is 15.9. The summed E-state index contributed by atoms with van der Waals surface area (Å²) in [6.07, 6.45) is 0. The zero-order chi connectivity index (χ0) is 22.5. The van der Waals surface area contributed by atoms with Crippen LogP contribution in [0.25, 0.3) is 0 Å². The van der Waals surface area contributed by atoms with Crippen LogP contribution in [0.2, 0.25) is 0 Å². The summed E-state index contributed by atoms with van der Waals surface area (Å²) in [4.78, 5) is 6.86. The van der Waals surface area contributed by atoms with Crippen molar-refractivity contribution in [3.05, 3.63) is 47.3 Å². The van der Waals surface area contributed by atoms with E-state index in [0.717, 1.165) is 55.0 Å². The van der Waals surface area contributed by atoms with Crippen LogP contribution in [-0.2, 0) is 17.8 Å². The normalized spacial score (nSPS) is 11.5. The van der Waals surface area contributed by atoms with Crippen LogP contribution in [0.3, 0.4) is 0 Å². The lowest BCUT2D eigenvalue weighted by molar-refractivity contribution is 0.150. The molecule has 1 heterocycles. The minimum absolute atomic E-state index is 0. The Morgan fingerprint density at radius 3 is 2.66 bits per heavy atom. The molecule has 0 aliphatic rings. The van der Waals surface area contributed by atoms with Gasteiger partial charge in [-0.1, -0.05) is 31.1 Å². The van der Waals surface area contributed by atoms with E-state index in [1.807, 2.05) is 31.2 Å². The maximum Gasteiger partial charge on any atom is 0.191 e. The summed E-state index contributed by atoms with van der Waals surface area (Å²) in [5, 5.41) is 10.7. The van der Waals surface area contributed by atoms with Gasteiger partial charge < -0.3 is 29.5 Å². The number of methoxy groups -OCH3 is 1. The number of rotatable bonds is 13. The highest BCUT2D eigenvalue weighted by Crippen LogP contribution is 2.15. The maximum atomic E-state index is 5.90. The number of nitrogens with zero attached hydrogens (tertiary/aromatic N) is 3. The summed E-state index contributed by atoms with van der Waals surface area (Å²) >= 11 is 0. The number of nitrogens with one attached hydrogen (secondary N) is 2. The summed E-state index contributed by atoms with van der Waals surface area (Å²) in [7, 11) is 3.78. The van der Waals surface area contributed by atoms with Gasteiger partial charge in [0.25, 0.3) is 0 Å². The van der Waals surface area contributed by atoms with Crippen LogP contribution in [0.5, 0.6) is 5.75 Å². The highest BCUT2D eigenvalue weighted by Gasteiger charge is 2.08. The van der Waals surface area contributed by atoms with Crippen LogP contribution < -0.4 is 15.4 Å². The molecular formula is C23H38IN5O3. The van der Waals surface area contributed by atoms with Gasteiger partial charge in [-0.2, -0.15) is 0 Å². The van der Waals surface area contributed by atoms with E-state index in [0.29, 0.717) is 25.6 Å². The fourth-order valence-electron chi connectivity index (χ4n) is 2.78. The molecular weight excluding hydrogens is 521 g/mol. The lowest BCUT2D eigenvalue weighted by Gasteiger charge is -2.16. The minimum Gasteiger partial charge on any atom is -0.492 e. The fourth-order valence-corrected chi connectivity index (χ4v) is 2.78. The summed E-state index contributed by atoms with van der Waals surface area (Å²) in [5.74, 6) is 2.73. The molecule has 0 aliphatic heterocycles. The number of ether oxygens (including phenoxy) is 2. The van der Waals surface area contributed by atoms with E-state index in [4.69, 9.17) is 14.0 Å². The first-order valence-corrected chi connectivity index (χ1v) is 10.9. The smallest absolute Gasteiger partial charge is 0.191 e. The molecule has 0 radical (unpaired) electrons. The average Bonchev–Trinajstić information content (AvgIpc) is 3.24. The largest absolute Gasteiger partial charge is 0.492 e. The third-order valence-electron chi connectivity index (χ3n) is 4.68. The number of hydrogen-bond acceptors (Lipinski definition) is 6. The molecule has 0 aliphatic carbocycles. The van der Waals surface area contributed by atoms with Gasteiger partial charge in [0.1, 0.15) is 12.4 Å². The van der Waals surface area contributed by atoms with Crippen molar-refractivity contribution in [1.29, 1.82) is 0 Å². The lowest BCUT2D eigenvalue weighted by atomic mass is 10.1. The number of guanidine groups is 1. The van der Waals surface area contributed by atoms with Gasteiger partial charge in [-0.15, -0.1) is 24.0 Å². The van der Waals surface area contributed by atoms with Crippen molar-refractivity contribution in [2.24, 2.45) is 4.99 Å². The molecule has 0 unspecified atom stereocenters. The molecule has 0 atom stereocenters. The summed E-state index contributed by atoms with van der Waals surface area (Å²) in [6, 6.07) is 10.0. The molecule has 2 aromatic rings. The van der Waals surface area contributed by atoms with Crippen LogP contribution in [0, 0.1) is 0 Å². The van der Waals surface area contributed by atoms with Crippen LogP contribution in [0.15, 0.2) is 39.8 Å². The van der Waals surface area contributed by atoms with Gasteiger partial charge in [0.15, 0.2) is 11.7 Å². The van der Waals surface area contributed by atoms with E-state index in [2.05, 4.69) is 52.6 Å². The van der Waals surface area contributed by atoms with Crippen LogP contribution in [-0.4, -0.2) is 63.0 Å². The molecule has 0 saturated heterocycles. The predicted octanol–water partition coefficient (Wildman–Crippen LogP) is 3.63. The Labute approximate surface area is 209 Å². The van der Waals surface area contributed by atoms with Crippen molar-refractivity contribution < 1.29 is 14.0 Å². The number of halogens is 1. The van der Waals surface area contributed by atoms with Crippen molar-refractivity contribution >= 4 is 29.9 Å². The SMILES string of the molecule is CCNC(=NCc1cccc(OCCN(C)CCOC)c1)NCc1cc(C(C)C)no1.I. The van der Waals surface area contributed by atoms with Gasteiger partial charge in [0.05, 0.1) is 25.4 Å². The van der Waals surface area contributed by atoms with Gasteiger partial charge >= 0.3 is 0 Å². The Balaban J connectivity index is 0.00000512. The van der Waals surface area contributed by atoms with E-state index in [1.54, 1.807) is 7.11 Å². The topological polar surface area (TPSA) is 84.2 Å². The monoisotopic (exact) mass is 559 g/mol. The van der Waals surface area contributed by atoms with E-state index >= 15 is 0 Å². The summed E-state index contributed by atoms with van der Waals surface area (Å²) < 4.78 is 16.4. The van der Waals surface area contributed by atoms with Crippen molar-refractivity contribution in [3.63, 3.8) is 0 Å². The minimum atomic E-state index is 0. The molecule has 9 heteroatoms. The zero-order valence-corrected chi connectivity index (χ0v) is 22.2. The molecule has 2 rings (SSSR count). The molecule has 0 fully saturated rings. The second-order valence-corrected chi connectivity index (χ2v) is 7.71. The van der Waals surface area contributed by atoms with Crippen molar-refractivity contribution in [2.45, 2.75) is 39.8 Å². The van der Waals surface area contributed by atoms with E-state index in [-0.39, 0.29) is 24.0 Å². The Bertz CT molecular complexity index is 797. The molecule has 1 aromatic heterocycles. The molecule has 1 aromatic carbocycles. The third-order valence-corrected chi connectivity index (χ3v) is 4.68. The third kappa shape index (κ3) is 10.6. The Kier molecular flexibility index (Phi) is 14.0. The quantitative estimate of drug-likeness (QED) is 0.220. The van der Waals surface area contributed by atoms with Gasteiger partial charge in [-0.25, -0.2) is 4.99 Å². The van der Waals surface area contributed by atoms with Gasteiger partial charge in [0, 0.05) is 32.8 Å². The van der Waals surface area contributed by atoms with Crippen LogP contribution >= 0.6 is 24.0 Å². The number of hydrogen-bond donors (Lipinski definition) is 2. The first-order valence-electron chi connectivity index (χ1n) is 10.9. The number of benzene rings is 1. The summed E-state index contributed by atoms with van der Waals surface area (Å²) in [6.45, 7) is 11.2. The number of likely N-dealkylation sites (N-methyl/N-ethyl adjacent to an activating group) is 1. The molecule has 0 amide bonds. The van der Waals surface area contributed by atoms with Crippen molar-refractivity contribution in [1.82, 2.24) is 20.7 Å². The van der Waals surface area contributed by atoms with Gasteiger partial charge in [-0.05, 0) is 37.6 Å². The molecule has 0 bridgehead atoms. The van der Waals surface area contributed by atoms with E-state index in [9.17, 15) is 0 Å².